The predicted octanol–water partition coefficient (Wildman–Crippen LogP) is 5.16. The van der Waals surface area contributed by atoms with Crippen molar-refractivity contribution in [3.63, 3.8) is 0 Å². The van der Waals surface area contributed by atoms with Crippen molar-refractivity contribution in [3.05, 3.63) is 44.7 Å². The van der Waals surface area contributed by atoms with Crippen LogP contribution >= 0.6 is 27.5 Å². The first kappa shape index (κ1) is 22.1. The number of carbonyl (C=O) groups excluding carboxylic acids is 1. The Morgan fingerprint density at radius 1 is 1.38 bits per heavy atom. The van der Waals surface area contributed by atoms with E-state index in [2.05, 4.69) is 26.1 Å². The molecule has 3 aromatic rings. The van der Waals surface area contributed by atoms with Crippen LogP contribution in [0.2, 0.25) is 5.02 Å². The van der Waals surface area contributed by atoms with Gasteiger partial charge in [-0.05, 0) is 35.0 Å². The molecule has 3 rings (SSSR count). The highest BCUT2D eigenvalue weighted by molar-refractivity contribution is 9.10. The summed E-state index contributed by atoms with van der Waals surface area (Å²) in [5, 5.41) is 5.27. The zero-order valence-corrected chi connectivity index (χ0v) is 19.9. The van der Waals surface area contributed by atoms with Gasteiger partial charge in [-0.1, -0.05) is 30.6 Å². The summed E-state index contributed by atoms with van der Waals surface area (Å²) in [7, 11) is 3.66. The Morgan fingerprint density at radius 3 is 2.62 bits per heavy atom. The Labute approximate surface area is 185 Å². The number of aromatic nitrogens is 2. The summed E-state index contributed by atoms with van der Waals surface area (Å²) in [4.78, 5) is 19.7. The zero-order valence-electron chi connectivity index (χ0n) is 16.7. The molecule has 0 fully saturated rings. The van der Waals surface area contributed by atoms with E-state index in [0.29, 0.717) is 43.1 Å². The second-order valence-electron chi connectivity index (χ2n) is 7.23. The fourth-order valence-corrected chi connectivity index (χ4v) is 4.89. The highest BCUT2D eigenvalue weighted by atomic mass is 79.9. The van der Waals surface area contributed by atoms with Crippen LogP contribution in [0.25, 0.3) is 10.9 Å². The van der Waals surface area contributed by atoms with Crippen molar-refractivity contribution >= 4 is 61.1 Å². The molecule has 0 saturated heterocycles. The lowest BCUT2D eigenvalue weighted by Gasteiger charge is -2.23. The van der Waals surface area contributed by atoms with Crippen molar-refractivity contribution in [2.24, 2.45) is 5.92 Å². The van der Waals surface area contributed by atoms with E-state index >= 15 is 0 Å². The first-order valence-corrected chi connectivity index (χ1v) is 11.4. The zero-order chi connectivity index (χ0) is 21.5. The number of pyridine rings is 1. The van der Waals surface area contributed by atoms with Crippen molar-refractivity contribution in [3.8, 4) is 0 Å². The van der Waals surface area contributed by atoms with Crippen LogP contribution in [-0.2, 0) is 16.9 Å². The van der Waals surface area contributed by atoms with Gasteiger partial charge in [0.1, 0.15) is 17.0 Å². The van der Waals surface area contributed by atoms with E-state index in [-0.39, 0.29) is 22.5 Å². The maximum absolute atomic E-state index is 13.3. The summed E-state index contributed by atoms with van der Waals surface area (Å²) in [6, 6.07) is 5.26. The number of carbonyl (C=O) groups is 1. The molecule has 6 nitrogen and oxygen atoms in total. The average Bonchev–Trinajstić information content (AvgIpc) is 3.06. The molecule has 0 N–H and O–H groups in total. The Balaban J connectivity index is 2.33. The molecule has 0 aliphatic heterocycles. The molecule has 0 amide bonds. The lowest BCUT2D eigenvalue weighted by Crippen LogP contribution is -2.23. The molecular formula is C20H21BrClN3O3S. The molecule has 0 aliphatic carbocycles. The fraction of sp³-hybridized carbons (Fsp3) is 0.350. The van der Waals surface area contributed by atoms with E-state index in [1.54, 1.807) is 25.1 Å². The Morgan fingerprint density at radius 2 is 2.07 bits per heavy atom. The molecule has 0 saturated carbocycles. The lowest BCUT2D eigenvalue weighted by atomic mass is 9.98. The van der Waals surface area contributed by atoms with Crippen molar-refractivity contribution in [2.45, 2.75) is 31.6 Å². The van der Waals surface area contributed by atoms with Crippen LogP contribution in [-0.4, -0.2) is 34.6 Å². The van der Waals surface area contributed by atoms with Gasteiger partial charge in [0.05, 0.1) is 16.2 Å². The van der Waals surface area contributed by atoms with Gasteiger partial charge >= 0.3 is 0 Å². The number of fused-ring (bicyclic) bond motifs is 1. The average molecular weight is 499 g/mol. The van der Waals surface area contributed by atoms with Gasteiger partial charge in [0.25, 0.3) is 5.03 Å². The second-order valence-corrected chi connectivity index (χ2v) is 9.85. The van der Waals surface area contributed by atoms with Gasteiger partial charge in [-0.2, -0.15) is 4.98 Å². The van der Waals surface area contributed by atoms with Crippen LogP contribution in [0.15, 0.2) is 32.2 Å². The number of benzene rings is 1. The fourth-order valence-electron chi connectivity index (χ4n) is 3.07. The first-order valence-electron chi connectivity index (χ1n) is 8.95. The van der Waals surface area contributed by atoms with Crippen LogP contribution < -0.4 is 4.90 Å². The smallest absolute Gasteiger partial charge is 0.258 e. The van der Waals surface area contributed by atoms with E-state index in [1.807, 2.05) is 32.8 Å². The molecule has 1 unspecified atom stereocenters. The highest BCUT2D eigenvalue weighted by Gasteiger charge is 2.32. The van der Waals surface area contributed by atoms with E-state index < -0.39 is 11.2 Å². The lowest BCUT2D eigenvalue weighted by molar-refractivity contribution is 0.0936. The summed E-state index contributed by atoms with van der Waals surface area (Å²) >= 11 is 8.40. The largest absolute Gasteiger partial charge is 0.610 e. The molecule has 1 atom stereocenters. The Hall–Kier alpha value is -1.61. The standard InChI is InChI=1S/C20H21BrClN3O3S/c1-10(2)19(26)16-18(25(4)5)15-14(22)7-6-13(21)17(15)23-20(16)29(27)9-12-8-11(3)28-24-12/h6-8,10H,9H2,1-5H3. The number of hydrogen-bond acceptors (Lipinski definition) is 6. The van der Waals surface area contributed by atoms with E-state index in [1.165, 1.54) is 0 Å². The van der Waals surface area contributed by atoms with Gasteiger partial charge in [-0.25, -0.2) is 0 Å². The normalized spacial score (nSPS) is 12.6. The third-order valence-electron chi connectivity index (χ3n) is 4.37. The summed E-state index contributed by atoms with van der Waals surface area (Å²) in [5.41, 5.74) is 2.04. The van der Waals surface area contributed by atoms with E-state index in [9.17, 15) is 9.35 Å². The number of aryl methyl sites for hydroxylation is 1. The van der Waals surface area contributed by atoms with Gasteiger partial charge in [0.2, 0.25) is 0 Å². The number of nitrogens with zero attached hydrogens (tertiary/aromatic N) is 3. The maximum Gasteiger partial charge on any atom is 0.258 e. The monoisotopic (exact) mass is 497 g/mol. The van der Waals surface area contributed by atoms with Crippen molar-refractivity contribution in [1.82, 2.24) is 10.1 Å². The summed E-state index contributed by atoms with van der Waals surface area (Å²) in [6.45, 7) is 5.38. The molecule has 2 aromatic heterocycles. The van der Waals surface area contributed by atoms with Gasteiger partial charge in [-0.15, -0.1) is 0 Å². The first-order chi connectivity index (χ1) is 13.6. The van der Waals surface area contributed by atoms with E-state index in [4.69, 9.17) is 16.1 Å². The summed E-state index contributed by atoms with van der Waals surface area (Å²) < 4.78 is 19.1. The SMILES string of the molecule is Cc1cc(C[S+]([O-])c2nc3c(Br)ccc(Cl)c3c(N(C)C)c2C(=O)C(C)C)no1. The molecule has 154 valence electrons. The van der Waals surface area contributed by atoms with Crippen molar-refractivity contribution < 1.29 is 13.9 Å². The van der Waals surface area contributed by atoms with Gasteiger partial charge < -0.3 is 14.0 Å². The minimum atomic E-state index is -1.61. The molecule has 0 aliphatic rings. The number of halogens is 2. The number of hydrogen-bond donors (Lipinski definition) is 0. The van der Waals surface area contributed by atoms with Crippen LogP contribution in [0.5, 0.6) is 0 Å². The highest BCUT2D eigenvalue weighted by Crippen LogP contribution is 2.41. The molecule has 29 heavy (non-hydrogen) atoms. The van der Waals surface area contributed by atoms with Crippen LogP contribution in [0.1, 0.15) is 35.7 Å². The van der Waals surface area contributed by atoms with Gasteiger partial charge in [0, 0.05) is 47.1 Å². The van der Waals surface area contributed by atoms with Crippen LogP contribution in [0, 0.1) is 12.8 Å². The summed E-state index contributed by atoms with van der Waals surface area (Å²) in [5.74, 6) is 0.285. The quantitative estimate of drug-likeness (QED) is 0.345. The van der Waals surface area contributed by atoms with Crippen LogP contribution in [0.3, 0.4) is 0 Å². The number of ketones is 1. The molecule has 1 aromatic carbocycles. The topological polar surface area (TPSA) is 82.3 Å². The molecule has 9 heteroatoms. The van der Waals surface area contributed by atoms with Crippen molar-refractivity contribution in [2.75, 3.05) is 19.0 Å². The minimum absolute atomic E-state index is 0.0965. The third-order valence-corrected chi connectivity index (χ3v) is 6.61. The minimum Gasteiger partial charge on any atom is -0.610 e. The predicted molar refractivity (Wildman–Crippen MR) is 119 cm³/mol. The third kappa shape index (κ3) is 4.30. The van der Waals surface area contributed by atoms with Gasteiger partial charge in [-0.3, -0.25) is 4.79 Å². The van der Waals surface area contributed by atoms with E-state index in [0.717, 1.165) is 0 Å². The summed E-state index contributed by atoms with van der Waals surface area (Å²) in [6.07, 6.45) is 0. The molecular weight excluding hydrogens is 478 g/mol. The molecule has 2 heterocycles. The molecule has 0 radical (unpaired) electrons. The number of rotatable bonds is 6. The van der Waals surface area contributed by atoms with Crippen LogP contribution in [0.4, 0.5) is 5.69 Å². The second kappa shape index (κ2) is 8.63. The molecule has 0 bridgehead atoms. The van der Waals surface area contributed by atoms with Crippen molar-refractivity contribution in [1.29, 1.82) is 0 Å². The number of anilines is 1. The maximum atomic E-state index is 13.3. The number of Topliss-reactive ketones (excluding diaryl/α,β-unsaturated/α-hetero) is 1. The Bertz CT molecular complexity index is 1080. The molecule has 0 spiro atoms. The van der Waals surface area contributed by atoms with Gasteiger partial charge in [0.15, 0.2) is 11.5 Å². The Kier molecular flexibility index (Phi) is 6.57.